The van der Waals surface area contributed by atoms with E-state index in [4.69, 9.17) is 0 Å². The summed E-state index contributed by atoms with van der Waals surface area (Å²) in [5, 5.41) is 17.3. The van der Waals surface area contributed by atoms with E-state index >= 15 is 0 Å². The monoisotopic (exact) mass is 291 g/mol. The molecule has 2 rings (SSSR count). The Morgan fingerprint density at radius 3 is 2.71 bits per heavy atom. The van der Waals surface area contributed by atoms with Crippen LogP contribution in [0.15, 0.2) is 18.3 Å². The molecule has 0 spiro atoms. The first kappa shape index (κ1) is 16.1. The highest BCUT2D eigenvalue weighted by molar-refractivity contribution is 5.52. The van der Waals surface area contributed by atoms with Crippen LogP contribution in [0.25, 0.3) is 0 Å². The quantitative estimate of drug-likeness (QED) is 0.718. The van der Waals surface area contributed by atoms with E-state index in [1.54, 1.807) is 6.20 Å². The summed E-state index contributed by atoms with van der Waals surface area (Å²) in [6, 6.07) is 3.97. The third-order valence-electron chi connectivity index (χ3n) is 4.55. The number of pyridine rings is 1. The highest BCUT2D eigenvalue weighted by Gasteiger charge is 2.32. The van der Waals surface area contributed by atoms with Gasteiger partial charge in [0.15, 0.2) is 0 Å². The Balaban J connectivity index is 1.85. The first-order valence-electron chi connectivity index (χ1n) is 8.31. The molecule has 1 aliphatic rings. The number of hydrogen-bond donors (Lipinski definition) is 3. The Labute approximate surface area is 128 Å². The van der Waals surface area contributed by atoms with Crippen molar-refractivity contribution in [2.75, 3.05) is 23.7 Å². The second-order valence-corrected chi connectivity index (χ2v) is 6.29. The number of rotatable bonds is 7. The van der Waals surface area contributed by atoms with Crippen molar-refractivity contribution in [2.45, 2.75) is 58.0 Å². The molecule has 3 N–H and O–H groups in total. The van der Waals surface area contributed by atoms with Crippen molar-refractivity contribution in [3.63, 3.8) is 0 Å². The third kappa shape index (κ3) is 4.88. The lowest BCUT2D eigenvalue weighted by molar-refractivity contribution is 0.00229. The summed E-state index contributed by atoms with van der Waals surface area (Å²) in [7, 11) is 0. The molecule has 4 nitrogen and oxygen atoms in total. The Morgan fingerprint density at radius 1 is 1.29 bits per heavy atom. The van der Waals surface area contributed by atoms with Crippen LogP contribution in [-0.4, -0.2) is 28.8 Å². The average molecular weight is 291 g/mol. The van der Waals surface area contributed by atoms with Crippen LogP contribution >= 0.6 is 0 Å². The first-order valence-corrected chi connectivity index (χ1v) is 8.31. The van der Waals surface area contributed by atoms with Gasteiger partial charge in [-0.1, -0.05) is 20.3 Å². The van der Waals surface area contributed by atoms with Crippen LogP contribution < -0.4 is 10.6 Å². The lowest BCUT2D eigenvalue weighted by Crippen LogP contribution is -2.40. The van der Waals surface area contributed by atoms with Gasteiger partial charge in [-0.15, -0.1) is 0 Å². The molecule has 21 heavy (non-hydrogen) atoms. The zero-order valence-corrected chi connectivity index (χ0v) is 13.4. The molecule has 1 aliphatic carbocycles. The van der Waals surface area contributed by atoms with Crippen LogP contribution in [0, 0.1) is 5.92 Å². The predicted octanol–water partition coefficient (Wildman–Crippen LogP) is 3.65. The van der Waals surface area contributed by atoms with Gasteiger partial charge in [-0.2, -0.15) is 0 Å². The highest BCUT2D eigenvalue weighted by atomic mass is 16.3. The van der Waals surface area contributed by atoms with Crippen molar-refractivity contribution in [3.05, 3.63) is 18.3 Å². The molecule has 1 aromatic rings. The second kappa shape index (κ2) is 7.64. The normalized spacial score (nSPS) is 25.6. The maximum atomic E-state index is 10.7. The number of aromatic nitrogens is 1. The van der Waals surface area contributed by atoms with E-state index in [2.05, 4.69) is 29.5 Å². The minimum absolute atomic E-state index is 0.550. The van der Waals surface area contributed by atoms with Gasteiger partial charge in [-0.05, 0) is 44.1 Å². The van der Waals surface area contributed by atoms with E-state index in [9.17, 15) is 5.11 Å². The fourth-order valence-electron chi connectivity index (χ4n) is 2.96. The van der Waals surface area contributed by atoms with Gasteiger partial charge in [0.05, 0.1) is 5.60 Å². The Kier molecular flexibility index (Phi) is 5.85. The minimum atomic E-state index is -0.550. The molecule has 0 saturated heterocycles. The van der Waals surface area contributed by atoms with Crippen LogP contribution in [0.2, 0.25) is 0 Å². The Morgan fingerprint density at radius 2 is 2.05 bits per heavy atom. The maximum Gasteiger partial charge on any atom is 0.127 e. The zero-order chi connectivity index (χ0) is 15.1. The Hall–Kier alpha value is -1.29. The highest BCUT2D eigenvalue weighted by Crippen LogP contribution is 2.33. The van der Waals surface area contributed by atoms with Crippen molar-refractivity contribution >= 4 is 11.5 Å². The van der Waals surface area contributed by atoms with Gasteiger partial charge in [-0.3, -0.25) is 0 Å². The summed E-state index contributed by atoms with van der Waals surface area (Å²) >= 11 is 0. The fraction of sp³-hybridized carbons (Fsp3) is 0.706. The average Bonchev–Trinajstić information content (AvgIpc) is 2.52. The molecule has 0 bridgehead atoms. The summed E-state index contributed by atoms with van der Waals surface area (Å²) in [5.74, 6) is 1.69. The van der Waals surface area contributed by atoms with Gasteiger partial charge < -0.3 is 15.7 Å². The summed E-state index contributed by atoms with van der Waals surface area (Å²) in [6.07, 6.45) is 8.23. The zero-order valence-electron chi connectivity index (χ0n) is 13.4. The van der Waals surface area contributed by atoms with E-state index in [-0.39, 0.29) is 0 Å². The summed E-state index contributed by atoms with van der Waals surface area (Å²) in [4.78, 5) is 4.30. The largest absolute Gasteiger partial charge is 0.388 e. The van der Waals surface area contributed by atoms with Crippen molar-refractivity contribution in [3.8, 4) is 0 Å². The van der Waals surface area contributed by atoms with Gasteiger partial charge in [-0.25, -0.2) is 4.98 Å². The molecule has 0 amide bonds. The Bertz CT molecular complexity index is 428. The molecule has 4 heteroatoms. The minimum Gasteiger partial charge on any atom is -0.388 e. The van der Waals surface area contributed by atoms with E-state index in [1.807, 2.05) is 12.1 Å². The molecule has 118 valence electrons. The molecule has 1 saturated carbocycles. The van der Waals surface area contributed by atoms with Gasteiger partial charge >= 0.3 is 0 Å². The molecule has 0 radical (unpaired) electrons. The van der Waals surface area contributed by atoms with Crippen molar-refractivity contribution < 1.29 is 5.11 Å². The number of nitrogens with one attached hydrogen (secondary N) is 2. The maximum absolute atomic E-state index is 10.7. The van der Waals surface area contributed by atoms with Crippen LogP contribution in [0.3, 0.4) is 0 Å². The summed E-state index contributed by atoms with van der Waals surface area (Å²) < 4.78 is 0. The molecular weight excluding hydrogens is 262 g/mol. The molecule has 0 aliphatic heterocycles. The number of nitrogens with zero attached hydrogens (tertiary/aromatic N) is 1. The van der Waals surface area contributed by atoms with E-state index in [0.29, 0.717) is 6.54 Å². The van der Waals surface area contributed by atoms with Crippen molar-refractivity contribution in [1.82, 2.24) is 4.98 Å². The van der Waals surface area contributed by atoms with Crippen LogP contribution in [0.1, 0.15) is 52.4 Å². The number of hydrogen-bond acceptors (Lipinski definition) is 4. The standard InChI is InChI=1S/C17H29N3O/c1-3-10-18-16-12-15(7-11-19-16)20-13-17(21)8-5-14(4-2)6-9-17/h7,11-12,14,21H,3-6,8-10,13H2,1-2H3,(H2,18,19,20). The van der Waals surface area contributed by atoms with Gasteiger partial charge in [0.2, 0.25) is 0 Å². The summed E-state index contributed by atoms with van der Waals surface area (Å²) in [6.45, 7) is 5.94. The SMILES string of the molecule is CCCNc1cc(NCC2(O)CCC(CC)CC2)ccn1. The molecule has 0 atom stereocenters. The van der Waals surface area contributed by atoms with Crippen LogP contribution in [-0.2, 0) is 0 Å². The lowest BCUT2D eigenvalue weighted by atomic mass is 9.78. The smallest absolute Gasteiger partial charge is 0.127 e. The van der Waals surface area contributed by atoms with Gasteiger partial charge in [0, 0.05) is 31.0 Å². The van der Waals surface area contributed by atoms with E-state index in [1.165, 1.54) is 6.42 Å². The predicted molar refractivity (Wildman–Crippen MR) is 88.7 cm³/mol. The van der Waals surface area contributed by atoms with Crippen LogP contribution in [0.4, 0.5) is 11.5 Å². The van der Waals surface area contributed by atoms with Crippen LogP contribution in [0.5, 0.6) is 0 Å². The van der Waals surface area contributed by atoms with Crippen molar-refractivity contribution in [2.24, 2.45) is 5.92 Å². The fourth-order valence-corrected chi connectivity index (χ4v) is 2.96. The molecule has 0 unspecified atom stereocenters. The molecule has 1 heterocycles. The molecule has 0 aromatic carbocycles. The molecule has 1 fully saturated rings. The first-order chi connectivity index (χ1) is 10.1. The lowest BCUT2D eigenvalue weighted by Gasteiger charge is -2.36. The number of anilines is 2. The van der Waals surface area contributed by atoms with E-state index in [0.717, 1.165) is 56.1 Å². The van der Waals surface area contributed by atoms with E-state index < -0.39 is 5.60 Å². The molecule has 1 aromatic heterocycles. The summed E-state index contributed by atoms with van der Waals surface area (Å²) in [5.41, 5.74) is 0.473. The molecular formula is C17H29N3O. The van der Waals surface area contributed by atoms with Gasteiger partial charge in [0.25, 0.3) is 0 Å². The number of aliphatic hydroxyl groups is 1. The topological polar surface area (TPSA) is 57.2 Å². The third-order valence-corrected chi connectivity index (χ3v) is 4.55. The van der Waals surface area contributed by atoms with Crippen molar-refractivity contribution in [1.29, 1.82) is 0 Å². The van der Waals surface area contributed by atoms with Gasteiger partial charge in [0.1, 0.15) is 5.82 Å². The second-order valence-electron chi connectivity index (χ2n) is 6.29.